The van der Waals surface area contributed by atoms with Gasteiger partial charge in [0.15, 0.2) is 0 Å². The number of carbonyl (C=O) groups excluding carboxylic acids is 1. The third-order valence-electron chi connectivity index (χ3n) is 2.82. The topological polar surface area (TPSA) is 133 Å². The summed E-state index contributed by atoms with van der Waals surface area (Å²) in [6, 6.07) is 4.96. The highest BCUT2D eigenvalue weighted by Crippen LogP contribution is 2.20. The van der Waals surface area contributed by atoms with Gasteiger partial charge in [0.1, 0.15) is 23.8 Å². The second kappa shape index (κ2) is 5.09. The van der Waals surface area contributed by atoms with Gasteiger partial charge < -0.3 is 4.42 Å². The standard InChI is InChI=1S/C12H7N5O5/c18-11(15-16-5-13-14-6-16)9-4-7-3-8(17(20)21)1-2-10(7)22-12(9)19/h1-6H,(H,15,18). The summed E-state index contributed by atoms with van der Waals surface area (Å²) < 4.78 is 6.14. The van der Waals surface area contributed by atoms with Crippen LogP contribution in [0.1, 0.15) is 10.4 Å². The van der Waals surface area contributed by atoms with Crippen molar-refractivity contribution in [2.75, 3.05) is 5.43 Å². The van der Waals surface area contributed by atoms with Crippen LogP contribution in [0.25, 0.3) is 11.0 Å². The Bertz CT molecular complexity index is 931. The number of hydrogen-bond acceptors (Lipinski definition) is 7. The maximum Gasteiger partial charge on any atom is 0.349 e. The van der Waals surface area contributed by atoms with Crippen LogP contribution < -0.4 is 11.1 Å². The number of hydrogen-bond donors (Lipinski definition) is 1. The molecule has 1 aromatic carbocycles. The Hall–Kier alpha value is -3.56. The molecule has 3 rings (SSSR count). The summed E-state index contributed by atoms with van der Waals surface area (Å²) in [6.45, 7) is 0. The summed E-state index contributed by atoms with van der Waals surface area (Å²) >= 11 is 0. The largest absolute Gasteiger partial charge is 0.422 e. The Morgan fingerprint density at radius 1 is 1.27 bits per heavy atom. The van der Waals surface area contributed by atoms with E-state index in [0.29, 0.717) is 0 Å². The lowest BCUT2D eigenvalue weighted by Crippen LogP contribution is -2.26. The lowest BCUT2D eigenvalue weighted by Gasteiger charge is -2.04. The molecule has 1 amide bonds. The molecule has 0 aliphatic rings. The van der Waals surface area contributed by atoms with Crippen molar-refractivity contribution in [1.82, 2.24) is 14.9 Å². The molecule has 0 atom stereocenters. The van der Waals surface area contributed by atoms with Crippen molar-refractivity contribution in [2.45, 2.75) is 0 Å². The molecule has 22 heavy (non-hydrogen) atoms. The smallest absolute Gasteiger partial charge is 0.349 e. The summed E-state index contributed by atoms with van der Waals surface area (Å²) in [4.78, 5) is 34.0. The maximum absolute atomic E-state index is 12.0. The van der Waals surface area contributed by atoms with Crippen molar-refractivity contribution in [3.8, 4) is 0 Å². The van der Waals surface area contributed by atoms with Gasteiger partial charge in [0, 0.05) is 17.5 Å². The molecule has 0 aliphatic heterocycles. The number of fused-ring (bicyclic) bond motifs is 1. The molecular formula is C12H7N5O5. The van der Waals surface area contributed by atoms with Crippen molar-refractivity contribution in [3.63, 3.8) is 0 Å². The molecule has 0 saturated carbocycles. The van der Waals surface area contributed by atoms with E-state index in [4.69, 9.17) is 4.42 Å². The van der Waals surface area contributed by atoms with Gasteiger partial charge in [-0.2, -0.15) is 0 Å². The Morgan fingerprint density at radius 2 is 2.00 bits per heavy atom. The van der Waals surface area contributed by atoms with Crippen LogP contribution in [0.2, 0.25) is 0 Å². The summed E-state index contributed by atoms with van der Waals surface area (Å²) in [5.41, 5.74) is 1.17. The molecule has 10 heteroatoms. The number of non-ortho nitro benzene ring substituents is 1. The zero-order chi connectivity index (χ0) is 15.7. The van der Waals surface area contributed by atoms with Crippen LogP contribution in [0.5, 0.6) is 0 Å². The predicted octanol–water partition coefficient (Wildman–Crippen LogP) is 0.677. The van der Waals surface area contributed by atoms with E-state index in [1.807, 2.05) is 0 Å². The number of benzene rings is 1. The van der Waals surface area contributed by atoms with E-state index < -0.39 is 16.5 Å². The van der Waals surface area contributed by atoms with Crippen molar-refractivity contribution < 1.29 is 14.1 Å². The molecule has 0 unspecified atom stereocenters. The molecular weight excluding hydrogens is 294 g/mol. The van der Waals surface area contributed by atoms with Gasteiger partial charge in [0.2, 0.25) is 0 Å². The molecule has 0 saturated heterocycles. The first kappa shape index (κ1) is 13.4. The maximum atomic E-state index is 12.0. The minimum Gasteiger partial charge on any atom is -0.422 e. The molecule has 0 aliphatic carbocycles. The van der Waals surface area contributed by atoms with Crippen LogP contribution in [0.3, 0.4) is 0 Å². The molecule has 1 N–H and O–H groups in total. The Kier molecular flexibility index (Phi) is 3.10. The number of aromatic nitrogens is 3. The van der Waals surface area contributed by atoms with Crippen molar-refractivity contribution in [3.05, 3.63) is 63.0 Å². The van der Waals surface area contributed by atoms with Crippen molar-refractivity contribution in [2.24, 2.45) is 0 Å². The number of nitrogens with one attached hydrogen (secondary N) is 1. The van der Waals surface area contributed by atoms with Gasteiger partial charge in [0.25, 0.3) is 11.6 Å². The average Bonchev–Trinajstić information content (AvgIpc) is 2.98. The SMILES string of the molecule is O=C(Nn1cnnc1)c1cc2cc([N+](=O)[O-])ccc2oc1=O. The van der Waals surface area contributed by atoms with Crippen LogP contribution >= 0.6 is 0 Å². The van der Waals surface area contributed by atoms with Gasteiger partial charge in [-0.3, -0.25) is 20.3 Å². The summed E-state index contributed by atoms with van der Waals surface area (Å²) in [5.74, 6) is -0.748. The van der Waals surface area contributed by atoms with Crippen LogP contribution in [0, 0.1) is 10.1 Å². The zero-order valence-corrected chi connectivity index (χ0v) is 10.8. The third-order valence-corrected chi connectivity index (χ3v) is 2.82. The van der Waals surface area contributed by atoms with E-state index in [1.165, 1.54) is 36.9 Å². The molecule has 0 radical (unpaired) electrons. The molecule has 110 valence electrons. The van der Waals surface area contributed by atoms with Crippen LogP contribution in [0.4, 0.5) is 5.69 Å². The fourth-order valence-corrected chi connectivity index (χ4v) is 1.82. The van der Waals surface area contributed by atoms with Crippen LogP contribution in [-0.2, 0) is 0 Å². The highest BCUT2D eigenvalue weighted by atomic mass is 16.6. The molecule has 0 bridgehead atoms. The highest BCUT2D eigenvalue weighted by Gasteiger charge is 2.16. The molecule has 0 spiro atoms. The first-order valence-electron chi connectivity index (χ1n) is 5.93. The number of carbonyl (C=O) groups is 1. The monoisotopic (exact) mass is 301 g/mol. The van der Waals surface area contributed by atoms with E-state index in [-0.39, 0.29) is 22.2 Å². The first-order valence-corrected chi connectivity index (χ1v) is 5.93. The minimum atomic E-state index is -0.855. The second-order valence-electron chi connectivity index (χ2n) is 4.24. The normalized spacial score (nSPS) is 10.5. The van der Waals surface area contributed by atoms with Gasteiger partial charge in [-0.25, -0.2) is 9.47 Å². The van der Waals surface area contributed by atoms with Gasteiger partial charge in [-0.15, -0.1) is 10.2 Å². The number of nitrogens with zero attached hydrogens (tertiary/aromatic N) is 4. The summed E-state index contributed by atoms with van der Waals surface area (Å²) in [7, 11) is 0. The average molecular weight is 301 g/mol. The molecule has 2 heterocycles. The van der Waals surface area contributed by atoms with Crippen LogP contribution in [0.15, 0.2) is 46.1 Å². The number of amides is 1. The second-order valence-corrected chi connectivity index (χ2v) is 4.24. The quantitative estimate of drug-likeness (QED) is 0.427. The summed E-state index contributed by atoms with van der Waals surface area (Å²) in [6.07, 6.45) is 2.46. The predicted molar refractivity (Wildman–Crippen MR) is 72.9 cm³/mol. The first-order chi connectivity index (χ1) is 10.5. The number of nitro benzene ring substituents is 1. The van der Waals surface area contributed by atoms with Crippen molar-refractivity contribution in [1.29, 1.82) is 0 Å². The fraction of sp³-hybridized carbons (Fsp3) is 0. The zero-order valence-electron chi connectivity index (χ0n) is 10.8. The van der Waals surface area contributed by atoms with E-state index in [9.17, 15) is 19.7 Å². The Labute approximate surface area is 121 Å². The Morgan fingerprint density at radius 3 is 2.68 bits per heavy atom. The fourth-order valence-electron chi connectivity index (χ4n) is 1.82. The van der Waals surface area contributed by atoms with Gasteiger partial charge in [-0.05, 0) is 12.1 Å². The van der Waals surface area contributed by atoms with Crippen molar-refractivity contribution >= 4 is 22.6 Å². The van der Waals surface area contributed by atoms with Gasteiger partial charge in [-0.1, -0.05) is 0 Å². The Balaban J connectivity index is 2.05. The minimum absolute atomic E-state index is 0.149. The lowest BCUT2D eigenvalue weighted by molar-refractivity contribution is -0.384. The summed E-state index contributed by atoms with van der Waals surface area (Å²) in [5, 5.41) is 18.0. The van der Waals surface area contributed by atoms with E-state index in [2.05, 4.69) is 15.6 Å². The van der Waals surface area contributed by atoms with Gasteiger partial charge >= 0.3 is 5.63 Å². The number of rotatable bonds is 3. The lowest BCUT2D eigenvalue weighted by atomic mass is 10.1. The van der Waals surface area contributed by atoms with E-state index in [0.717, 1.165) is 4.68 Å². The van der Waals surface area contributed by atoms with Gasteiger partial charge in [0.05, 0.1) is 4.92 Å². The molecule has 2 aromatic heterocycles. The molecule has 10 nitrogen and oxygen atoms in total. The third kappa shape index (κ3) is 2.40. The highest BCUT2D eigenvalue weighted by molar-refractivity contribution is 6.01. The van der Waals surface area contributed by atoms with E-state index in [1.54, 1.807) is 0 Å². The molecule has 0 fully saturated rings. The molecule has 3 aromatic rings. The number of nitro groups is 1. The van der Waals surface area contributed by atoms with Crippen LogP contribution in [-0.4, -0.2) is 25.7 Å². The van der Waals surface area contributed by atoms with E-state index >= 15 is 0 Å².